The molecule has 0 saturated carbocycles. The van der Waals surface area contributed by atoms with E-state index in [4.69, 9.17) is 9.47 Å². The van der Waals surface area contributed by atoms with Gasteiger partial charge in [-0.05, 0) is 19.3 Å². The first-order chi connectivity index (χ1) is 14.7. The summed E-state index contributed by atoms with van der Waals surface area (Å²) in [5, 5.41) is 17.9. The fourth-order valence-corrected chi connectivity index (χ4v) is 3.39. The van der Waals surface area contributed by atoms with E-state index >= 15 is 0 Å². The van der Waals surface area contributed by atoms with Crippen molar-refractivity contribution in [1.29, 1.82) is 0 Å². The van der Waals surface area contributed by atoms with Crippen molar-refractivity contribution in [3.63, 3.8) is 0 Å². The maximum atomic E-state index is 12.9. The van der Waals surface area contributed by atoms with Crippen molar-refractivity contribution in [2.24, 2.45) is 11.8 Å². The van der Waals surface area contributed by atoms with Crippen LogP contribution in [0.25, 0.3) is 0 Å². The minimum atomic E-state index is -0.407. The highest BCUT2D eigenvalue weighted by atomic mass is 16.6. The first kappa shape index (κ1) is 25.1. The van der Waals surface area contributed by atoms with Crippen LogP contribution >= 0.6 is 0 Å². The fraction of sp³-hybridized carbons (Fsp3) is 0.810. The fourth-order valence-electron chi connectivity index (χ4n) is 3.39. The maximum Gasteiger partial charge on any atom is 0.409 e. The molecule has 1 aliphatic heterocycles. The molecule has 1 aromatic heterocycles. The lowest BCUT2D eigenvalue weighted by molar-refractivity contribution is -0.136. The van der Waals surface area contributed by atoms with E-state index in [0.29, 0.717) is 44.8 Å². The van der Waals surface area contributed by atoms with Gasteiger partial charge in [0, 0.05) is 32.5 Å². The Bertz CT molecular complexity index is 710. The number of rotatable bonds is 6. The third kappa shape index (κ3) is 7.77. The summed E-state index contributed by atoms with van der Waals surface area (Å²) in [6.45, 7) is 9.59. The first-order valence-corrected chi connectivity index (χ1v) is 11.0. The molecule has 0 aliphatic carbocycles. The molecular weight excluding hydrogens is 402 g/mol. The average molecular weight is 440 g/mol. The third-order valence-electron chi connectivity index (χ3n) is 5.35. The van der Waals surface area contributed by atoms with Gasteiger partial charge in [-0.3, -0.25) is 9.48 Å². The molecule has 2 rings (SSSR count). The van der Waals surface area contributed by atoms with E-state index < -0.39 is 6.09 Å². The van der Waals surface area contributed by atoms with Crippen molar-refractivity contribution in [3.8, 4) is 0 Å². The smallest absolute Gasteiger partial charge is 0.409 e. The number of carbonyl (C=O) groups excluding carboxylic acids is 2. The number of aliphatic hydroxyl groups is 1. The van der Waals surface area contributed by atoms with E-state index in [-0.39, 0.29) is 43.1 Å². The highest BCUT2D eigenvalue weighted by Crippen LogP contribution is 2.17. The monoisotopic (exact) mass is 439 g/mol. The first-order valence-electron chi connectivity index (χ1n) is 11.0. The Balaban J connectivity index is 2.17. The SMILES string of the molecule is CC(C)COC(=O)N(C)C[C@@H]1OCc2cn(nn2)CCCC(=O)N([C@H](C)CO)C[C@@H]1C. The van der Waals surface area contributed by atoms with Crippen LogP contribution in [0.5, 0.6) is 0 Å². The molecule has 10 nitrogen and oxygen atoms in total. The van der Waals surface area contributed by atoms with Crippen LogP contribution in [0.4, 0.5) is 4.79 Å². The maximum absolute atomic E-state index is 12.9. The van der Waals surface area contributed by atoms with Gasteiger partial charge in [-0.25, -0.2) is 4.79 Å². The molecule has 3 atom stereocenters. The molecule has 0 unspecified atom stereocenters. The van der Waals surface area contributed by atoms with Crippen molar-refractivity contribution >= 4 is 12.0 Å². The van der Waals surface area contributed by atoms with Gasteiger partial charge in [-0.15, -0.1) is 5.10 Å². The molecule has 1 aromatic rings. The van der Waals surface area contributed by atoms with Crippen LogP contribution in [0.3, 0.4) is 0 Å². The minimum absolute atomic E-state index is 0.0172. The Morgan fingerprint density at radius 3 is 2.84 bits per heavy atom. The second-order valence-corrected chi connectivity index (χ2v) is 8.83. The summed E-state index contributed by atoms with van der Waals surface area (Å²) >= 11 is 0. The lowest BCUT2D eigenvalue weighted by atomic mass is 10.0. The number of aryl methyl sites for hydroxylation is 1. The molecule has 2 bridgehead atoms. The Hall–Kier alpha value is -2.20. The van der Waals surface area contributed by atoms with Crippen LogP contribution in [-0.4, -0.2) is 87.4 Å². The molecule has 31 heavy (non-hydrogen) atoms. The zero-order chi connectivity index (χ0) is 23.0. The Kier molecular flexibility index (Phi) is 9.70. The number of carbonyl (C=O) groups is 2. The number of fused-ring (bicyclic) bond motifs is 2. The second kappa shape index (κ2) is 12.0. The molecular formula is C21H37N5O5. The molecule has 0 saturated heterocycles. The van der Waals surface area contributed by atoms with E-state index in [2.05, 4.69) is 10.3 Å². The summed E-state index contributed by atoms with van der Waals surface area (Å²) < 4.78 is 13.2. The van der Waals surface area contributed by atoms with E-state index in [1.807, 2.05) is 33.9 Å². The summed E-state index contributed by atoms with van der Waals surface area (Å²) in [7, 11) is 1.68. The van der Waals surface area contributed by atoms with Gasteiger partial charge < -0.3 is 24.4 Å². The average Bonchev–Trinajstić information content (AvgIpc) is 3.19. The molecule has 0 spiro atoms. The minimum Gasteiger partial charge on any atom is -0.449 e. The third-order valence-corrected chi connectivity index (χ3v) is 5.35. The number of aliphatic hydroxyl groups excluding tert-OH is 1. The standard InChI is InChI=1S/C21H37N5O5/c1-15(2)13-31-21(29)24(5)11-19-16(3)9-26(17(4)12-27)20(28)7-6-8-25-10-18(14-30-19)22-23-25/h10,15-17,19,27H,6-9,11-14H2,1-5H3/t16-,17+,19-/m0/s1. The topological polar surface area (TPSA) is 110 Å². The highest BCUT2D eigenvalue weighted by Gasteiger charge is 2.29. The zero-order valence-corrected chi connectivity index (χ0v) is 19.4. The van der Waals surface area contributed by atoms with Gasteiger partial charge in [-0.2, -0.15) is 0 Å². The zero-order valence-electron chi connectivity index (χ0n) is 19.4. The van der Waals surface area contributed by atoms with Gasteiger partial charge in [-0.1, -0.05) is 26.0 Å². The second-order valence-electron chi connectivity index (χ2n) is 8.83. The van der Waals surface area contributed by atoms with E-state index in [9.17, 15) is 14.7 Å². The number of hydrogen-bond donors (Lipinski definition) is 1. The number of amides is 2. The number of likely N-dealkylation sites (N-methyl/N-ethyl adjacent to an activating group) is 1. The van der Waals surface area contributed by atoms with Crippen molar-refractivity contribution in [2.75, 3.05) is 33.4 Å². The normalized spacial score (nSPS) is 21.8. The molecule has 176 valence electrons. The number of nitrogens with zero attached hydrogens (tertiary/aromatic N) is 5. The summed E-state index contributed by atoms with van der Waals surface area (Å²) in [4.78, 5) is 28.4. The summed E-state index contributed by atoms with van der Waals surface area (Å²) in [5.74, 6) is 0.144. The van der Waals surface area contributed by atoms with E-state index in [0.717, 1.165) is 0 Å². The van der Waals surface area contributed by atoms with Crippen LogP contribution in [-0.2, 0) is 27.4 Å². The van der Waals surface area contributed by atoms with Crippen molar-refractivity contribution in [1.82, 2.24) is 24.8 Å². The van der Waals surface area contributed by atoms with Crippen molar-refractivity contribution in [3.05, 3.63) is 11.9 Å². The van der Waals surface area contributed by atoms with Crippen LogP contribution < -0.4 is 0 Å². The Morgan fingerprint density at radius 1 is 1.42 bits per heavy atom. The highest BCUT2D eigenvalue weighted by molar-refractivity contribution is 5.76. The van der Waals surface area contributed by atoms with Gasteiger partial charge in [0.25, 0.3) is 0 Å². The lowest BCUT2D eigenvalue weighted by Crippen LogP contribution is -2.47. The number of ether oxygens (including phenoxy) is 2. The van der Waals surface area contributed by atoms with Gasteiger partial charge >= 0.3 is 6.09 Å². The van der Waals surface area contributed by atoms with Crippen LogP contribution in [0.15, 0.2) is 6.20 Å². The predicted octanol–water partition coefficient (Wildman–Crippen LogP) is 1.53. The van der Waals surface area contributed by atoms with Gasteiger partial charge in [0.2, 0.25) is 5.91 Å². The van der Waals surface area contributed by atoms with E-state index in [1.165, 1.54) is 4.90 Å². The molecule has 2 heterocycles. The van der Waals surface area contributed by atoms with Gasteiger partial charge in [0.15, 0.2) is 0 Å². The quantitative estimate of drug-likeness (QED) is 0.716. The van der Waals surface area contributed by atoms with Crippen molar-refractivity contribution < 1.29 is 24.2 Å². The molecule has 0 fully saturated rings. The summed E-state index contributed by atoms with van der Waals surface area (Å²) in [6, 6.07) is -0.299. The van der Waals surface area contributed by atoms with Crippen LogP contribution in [0, 0.1) is 11.8 Å². The van der Waals surface area contributed by atoms with Crippen molar-refractivity contribution in [2.45, 2.75) is 65.8 Å². The molecule has 0 aromatic carbocycles. The lowest BCUT2D eigenvalue weighted by Gasteiger charge is -2.35. The summed E-state index contributed by atoms with van der Waals surface area (Å²) in [6.07, 6.45) is 2.05. The molecule has 10 heteroatoms. The van der Waals surface area contributed by atoms with Gasteiger partial charge in [0.05, 0.1) is 44.7 Å². The molecule has 0 radical (unpaired) electrons. The van der Waals surface area contributed by atoms with Crippen LogP contribution in [0.2, 0.25) is 0 Å². The Labute approximate surface area is 184 Å². The number of hydrogen-bond acceptors (Lipinski definition) is 7. The van der Waals surface area contributed by atoms with Crippen LogP contribution in [0.1, 0.15) is 46.2 Å². The predicted molar refractivity (Wildman–Crippen MR) is 114 cm³/mol. The molecule has 1 aliphatic rings. The Morgan fingerprint density at radius 2 is 2.16 bits per heavy atom. The number of aromatic nitrogens is 3. The van der Waals surface area contributed by atoms with E-state index in [1.54, 1.807) is 16.6 Å². The van der Waals surface area contributed by atoms with Gasteiger partial charge in [0.1, 0.15) is 5.69 Å². The molecule has 2 amide bonds. The largest absolute Gasteiger partial charge is 0.449 e. The summed E-state index contributed by atoms with van der Waals surface area (Å²) in [5.41, 5.74) is 0.702. The molecule has 1 N–H and O–H groups in total.